The average molecular weight is 299 g/mol. The topological polar surface area (TPSA) is 66.6 Å². The molecule has 2 N–H and O–H groups in total. The molecule has 0 saturated heterocycles. The highest BCUT2D eigenvalue weighted by atomic mass is 32.2. The van der Waals surface area contributed by atoms with Crippen LogP contribution in [0.3, 0.4) is 0 Å². The largest absolute Gasteiger partial charge is 0.476 e. The van der Waals surface area contributed by atoms with Crippen molar-refractivity contribution in [3.05, 3.63) is 54.4 Å². The number of nitrogens with one attached hydrogen (secondary N) is 1. The van der Waals surface area contributed by atoms with E-state index in [1.54, 1.807) is 34.5 Å². The van der Waals surface area contributed by atoms with Gasteiger partial charge in [0, 0.05) is 16.8 Å². The van der Waals surface area contributed by atoms with Crippen LogP contribution in [-0.2, 0) is 0 Å². The number of fused-ring (bicyclic) bond motifs is 1. The average Bonchev–Trinajstić information content (AvgIpc) is 2.85. The molecular weight excluding hydrogens is 286 g/mol. The standard InChI is InChI=1S/C15H13N3O2S/c1-21-11-6-4-5-10(9-11)16-14-13(15(19)20)18-8-3-2-7-12(18)17-14/h2-9,16H,1H3,(H,19,20). The third-order valence-corrected chi connectivity index (χ3v) is 3.79. The normalized spacial score (nSPS) is 10.7. The minimum atomic E-state index is -1.02. The predicted molar refractivity (Wildman–Crippen MR) is 83.7 cm³/mol. The molecule has 2 heterocycles. The molecule has 3 aromatic rings. The third-order valence-electron chi connectivity index (χ3n) is 3.06. The summed E-state index contributed by atoms with van der Waals surface area (Å²) < 4.78 is 1.56. The molecule has 106 valence electrons. The van der Waals surface area contributed by atoms with E-state index in [2.05, 4.69) is 10.3 Å². The quantitative estimate of drug-likeness (QED) is 0.722. The van der Waals surface area contributed by atoms with Gasteiger partial charge in [-0.15, -0.1) is 11.8 Å². The lowest BCUT2D eigenvalue weighted by atomic mass is 10.3. The maximum Gasteiger partial charge on any atom is 0.356 e. The lowest BCUT2D eigenvalue weighted by molar-refractivity contribution is 0.0690. The number of aromatic nitrogens is 2. The minimum absolute atomic E-state index is 0.125. The number of thioether (sulfide) groups is 1. The fraction of sp³-hybridized carbons (Fsp3) is 0.0667. The summed E-state index contributed by atoms with van der Waals surface area (Å²) in [5.74, 6) is -0.677. The maximum absolute atomic E-state index is 11.5. The van der Waals surface area contributed by atoms with Crippen LogP contribution in [-0.4, -0.2) is 26.7 Å². The van der Waals surface area contributed by atoms with Crippen molar-refractivity contribution in [1.29, 1.82) is 0 Å². The molecule has 6 heteroatoms. The van der Waals surface area contributed by atoms with Gasteiger partial charge in [-0.05, 0) is 36.6 Å². The van der Waals surface area contributed by atoms with E-state index in [0.717, 1.165) is 10.6 Å². The van der Waals surface area contributed by atoms with Crippen LogP contribution in [0.2, 0.25) is 0 Å². The molecule has 21 heavy (non-hydrogen) atoms. The SMILES string of the molecule is CSc1cccc(Nc2nc3ccccn3c2C(=O)O)c1. The lowest BCUT2D eigenvalue weighted by Gasteiger charge is -2.06. The molecule has 0 amide bonds. The van der Waals surface area contributed by atoms with Gasteiger partial charge in [-0.2, -0.15) is 0 Å². The van der Waals surface area contributed by atoms with Crippen LogP contribution < -0.4 is 5.32 Å². The van der Waals surface area contributed by atoms with Crippen LogP contribution in [0.4, 0.5) is 11.5 Å². The minimum Gasteiger partial charge on any atom is -0.476 e. The third kappa shape index (κ3) is 2.57. The Morgan fingerprint density at radius 1 is 1.29 bits per heavy atom. The fourth-order valence-corrected chi connectivity index (χ4v) is 2.58. The Hall–Kier alpha value is -2.47. The number of aromatic carboxylic acids is 1. The molecule has 0 atom stereocenters. The first-order chi connectivity index (χ1) is 10.2. The number of carboxylic acid groups (broad SMARTS) is 1. The first-order valence-electron chi connectivity index (χ1n) is 6.30. The fourth-order valence-electron chi connectivity index (χ4n) is 2.12. The molecular formula is C15H13N3O2S. The Bertz CT molecular complexity index is 814. The van der Waals surface area contributed by atoms with Gasteiger partial charge in [-0.3, -0.25) is 4.40 Å². The second-order valence-corrected chi connectivity index (χ2v) is 5.28. The van der Waals surface area contributed by atoms with Gasteiger partial charge in [0.15, 0.2) is 11.5 Å². The molecule has 0 aliphatic heterocycles. The summed E-state index contributed by atoms with van der Waals surface area (Å²) in [5, 5.41) is 12.5. The molecule has 0 saturated carbocycles. The predicted octanol–water partition coefficient (Wildman–Crippen LogP) is 3.50. The van der Waals surface area contributed by atoms with E-state index in [4.69, 9.17) is 0 Å². The Labute approximate surface area is 125 Å². The van der Waals surface area contributed by atoms with Crippen molar-refractivity contribution in [2.75, 3.05) is 11.6 Å². The van der Waals surface area contributed by atoms with Crippen molar-refractivity contribution in [3.8, 4) is 0 Å². The van der Waals surface area contributed by atoms with E-state index in [-0.39, 0.29) is 5.69 Å². The van der Waals surface area contributed by atoms with Crippen molar-refractivity contribution in [2.24, 2.45) is 0 Å². The molecule has 1 aromatic carbocycles. The van der Waals surface area contributed by atoms with Gasteiger partial charge in [-0.25, -0.2) is 9.78 Å². The molecule has 3 rings (SSSR count). The second-order valence-electron chi connectivity index (χ2n) is 4.40. The smallest absolute Gasteiger partial charge is 0.356 e. The number of pyridine rings is 1. The number of benzene rings is 1. The highest BCUT2D eigenvalue weighted by Gasteiger charge is 2.18. The van der Waals surface area contributed by atoms with Gasteiger partial charge in [0.1, 0.15) is 5.65 Å². The van der Waals surface area contributed by atoms with Crippen LogP contribution >= 0.6 is 11.8 Å². The molecule has 0 aliphatic rings. The van der Waals surface area contributed by atoms with Crippen molar-refractivity contribution < 1.29 is 9.90 Å². The van der Waals surface area contributed by atoms with E-state index in [1.807, 2.05) is 36.6 Å². The Balaban J connectivity index is 2.07. The van der Waals surface area contributed by atoms with Crippen LogP contribution in [0, 0.1) is 0 Å². The van der Waals surface area contributed by atoms with E-state index in [9.17, 15) is 9.90 Å². The Kier molecular flexibility index (Phi) is 3.53. The lowest BCUT2D eigenvalue weighted by Crippen LogP contribution is -2.05. The van der Waals surface area contributed by atoms with Crippen molar-refractivity contribution in [3.63, 3.8) is 0 Å². The van der Waals surface area contributed by atoms with Crippen LogP contribution in [0.15, 0.2) is 53.6 Å². The Morgan fingerprint density at radius 3 is 2.90 bits per heavy atom. The molecule has 5 nitrogen and oxygen atoms in total. The molecule has 0 unspecified atom stereocenters. The molecule has 0 radical (unpaired) electrons. The van der Waals surface area contributed by atoms with Crippen LogP contribution in [0.25, 0.3) is 5.65 Å². The monoisotopic (exact) mass is 299 g/mol. The van der Waals surface area contributed by atoms with E-state index in [1.165, 1.54) is 0 Å². The van der Waals surface area contributed by atoms with Crippen molar-refractivity contribution in [1.82, 2.24) is 9.38 Å². The van der Waals surface area contributed by atoms with E-state index in [0.29, 0.717) is 11.5 Å². The van der Waals surface area contributed by atoms with Gasteiger partial charge in [0.2, 0.25) is 0 Å². The van der Waals surface area contributed by atoms with Crippen molar-refractivity contribution >= 4 is 34.9 Å². The summed E-state index contributed by atoms with van der Waals surface area (Å²) in [6.07, 6.45) is 3.68. The van der Waals surface area contributed by atoms with Gasteiger partial charge in [0.25, 0.3) is 0 Å². The van der Waals surface area contributed by atoms with Crippen molar-refractivity contribution in [2.45, 2.75) is 4.90 Å². The summed E-state index contributed by atoms with van der Waals surface area (Å²) in [6.45, 7) is 0. The number of imidazole rings is 1. The van der Waals surface area contributed by atoms with Gasteiger partial charge in [0.05, 0.1) is 0 Å². The molecule has 0 spiro atoms. The number of anilines is 2. The maximum atomic E-state index is 11.5. The summed E-state index contributed by atoms with van der Waals surface area (Å²) in [4.78, 5) is 17.0. The first-order valence-corrected chi connectivity index (χ1v) is 7.53. The van der Waals surface area contributed by atoms with Crippen LogP contribution in [0.5, 0.6) is 0 Å². The zero-order chi connectivity index (χ0) is 14.8. The zero-order valence-corrected chi connectivity index (χ0v) is 12.1. The Morgan fingerprint density at radius 2 is 2.14 bits per heavy atom. The number of hydrogen-bond donors (Lipinski definition) is 2. The highest BCUT2D eigenvalue weighted by molar-refractivity contribution is 7.98. The zero-order valence-electron chi connectivity index (χ0n) is 11.3. The number of carboxylic acids is 1. The highest BCUT2D eigenvalue weighted by Crippen LogP contribution is 2.25. The summed E-state index contributed by atoms with van der Waals surface area (Å²) in [5.41, 5.74) is 1.53. The van der Waals surface area contributed by atoms with Crippen LogP contribution in [0.1, 0.15) is 10.5 Å². The number of rotatable bonds is 4. The number of carbonyl (C=O) groups is 1. The van der Waals surface area contributed by atoms with Gasteiger partial charge < -0.3 is 10.4 Å². The number of nitrogens with zero attached hydrogens (tertiary/aromatic N) is 2. The molecule has 0 aliphatic carbocycles. The second kappa shape index (κ2) is 5.49. The van der Waals surface area contributed by atoms with E-state index < -0.39 is 5.97 Å². The molecule has 0 bridgehead atoms. The summed E-state index contributed by atoms with van der Waals surface area (Å²) in [6, 6.07) is 13.1. The first kappa shape index (κ1) is 13.5. The van der Waals surface area contributed by atoms with Gasteiger partial charge >= 0.3 is 5.97 Å². The summed E-state index contributed by atoms with van der Waals surface area (Å²) >= 11 is 1.63. The molecule has 0 fully saturated rings. The number of hydrogen-bond acceptors (Lipinski definition) is 4. The van der Waals surface area contributed by atoms with E-state index >= 15 is 0 Å². The summed E-state index contributed by atoms with van der Waals surface area (Å²) in [7, 11) is 0. The molecule has 2 aromatic heterocycles. The van der Waals surface area contributed by atoms with Gasteiger partial charge in [-0.1, -0.05) is 12.1 Å².